The Bertz CT molecular complexity index is 1770. The molecule has 1 amide bonds. The van der Waals surface area contributed by atoms with E-state index in [2.05, 4.69) is 9.98 Å². The van der Waals surface area contributed by atoms with Crippen molar-refractivity contribution in [3.05, 3.63) is 90.8 Å². The van der Waals surface area contributed by atoms with E-state index in [0.29, 0.717) is 18.7 Å². The summed E-state index contributed by atoms with van der Waals surface area (Å²) in [5.74, 6) is -1.73. The molecule has 0 aliphatic carbocycles. The molecule has 0 bridgehead atoms. The Morgan fingerprint density at radius 1 is 1.26 bits per heavy atom. The number of carbonyl (C=O) groups is 2. The van der Waals surface area contributed by atoms with Crippen molar-refractivity contribution < 1.29 is 24.0 Å². The standard InChI is InChI=1S/C26H22ClN5O7/c1-2-38-26(35)19-13-18-22(28-21-7-3-4-10-30(21)25(18)34)31(14-16-6-5-11-39-16)23(19)29-24(33)17-12-15(32(36)37)8-9-20(17)27/h3-4,7-10,12-13,16H,2,5-6,11,14H2,1H3/t16-/m1/s1. The monoisotopic (exact) mass is 551 g/mol. The fourth-order valence-electron chi connectivity index (χ4n) is 4.47. The van der Waals surface area contributed by atoms with Crippen molar-refractivity contribution in [1.82, 2.24) is 14.0 Å². The number of aromatic nitrogens is 3. The van der Waals surface area contributed by atoms with Gasteiger partial charge in [0.1, 0.15) is 16.9 Å². The Labute approximate surface area is 225 Å². The van der Waals surface area contributed by atoms with Crippen LogP contribution < -0.4 is 11.0 Å². The number of pyridine rings is 2. The summed E-state index contributed by atoms with van der Waals surface area (Å²) in [5.41, 5.74) is -0.748. The first-order valence-corrected chi connectivity index (χ1v) is 12.5. The molecule has 12 nitrogen and oxygen atoms in total. The van der Waals surface area contributed by atoms with E-state index in [1.54, 1.807) is 31.3 Å². The maximum Gasteiger partial charge on any atom is 0.341 e. The molecular weight excluding hydrogens is 530 g/mol. The van der Waals surface area contributed by atoms with E-state index in [-0.39, 0.29) is 57.6 Å². The van der Waals surface area contributed by atoms with Gasteiger partial charge in [-0.1, -0.05) is 17.7 Å². The molecule has 0 spiro atoms. The van der Waals surface area contributed by atoms with E-state index in [9.17, 15) is 24.5 Å². The SMILES string of the molecule is CCOC(=O)c1cc2c(=O)n3ccccc3nc2n(C[C@H]2CCCO2)c1=NC(=O)c1cc([N+](=O)[O-])ccc1Cl. The van der Waals surface area contributed by atoms with Gasteiger partial charge in [-0.2, -0.15) is 4.99 Å². The molecule has 13 heteroatoms. The third kappa shape index (κ3) is 5.03. The van der Waals surface area contributed by atoms with Gasteiger partial charge < -0.3 is 14.0 Å². The fraction of sp³-hybridized carbons (Fsp3) is 0.269. The molecule has 3 aromatic heterocycles. The van der Waals surface area contributed by atoms with E-state index >= 15 is 0 Å². The van der Waals surface area contributed by atoms with Crippen molar-refractivity contribution in [3.63, 3.8) is 0 Å². The number of fused-ring (bicyclic) bond motifs is 2. The van der Waals surface area contributed by atoms with Crippen molar-refractivity contribution in [2.24, 2.45) is 4.99 Å². The van der Waals surface area contributed by atoms with Crippen LogP contribution >= 0.6 is 11.6 Å². The zero-order chi connectivity index (χ0) is 27.7. The molecule has 1 saturated heterocycles. The average molecular weight is 552 g/mol. The predicted molar refractivity (Wildman–Crippen MR) is 140 cm³/mol. The fourth-order valence-corrected chi connectivity index (χ4v) is 4.67. The van der Waals surface area contributed by atoms with Gasteiger partial charge in [0.15, 0.2) is 5.49 Å². The zero-order valence-corrected chi connectivity index (χ0v) is 21.5. The van der Waals surface area contributed by atoms with Crippen molar-refractivity contribution in [2.75, 3.05) is 13.2 Å². The lowest BCUT2D eigenvalue weighted by Gasteiger charge is -2.18. The number of carbonyl (C=O) groups excluding carboxylic acids is 2. The molecule has 0 unspecified atom stereocenters. The summed E-state index contributed by atoms with van der Waals surface area (Å²) >= 11 is 6.19. The Balaban J connectivity index is 1.85. The number of benzene rings is 1. The Morgan fingerprint density at radius 2 is 2.08 bits per heavy atom. The van der Waals surface area contributed by atoms with E-state index < -0.39 is 22.4 Å². The minimum Gasteiger partial charge on any atom is -0.462 e. The highest BCUT2D eigenvalue weighted by molar-refractivity contribution is 6.34. The summed E-state index contributed by atoms with van der Waals surface area (Å²) in [6, 6.07) is 9.77. The number of nitro benzene ring substituents is 1. The lowest BCUT2D eigenvalue weighted by atomic mass is 10.1. The minimum absolute atomic E-state index is 0.0294. The van der Waals surface area contributed by atoms with Crippen LogP contribution in [0.3, 0.4) is 0 Å². The number of ether oxygens (including phenoxy) is 2. The van der Waals surface area contributed by atoms with Gasteiger partial charge in [0.25, 0.3) is 17.2 Å². The lowest BCUT2D eigenvalue weighted by Crippen LogP contribution is -2.35. The average Bonchev–Trinajstić information content (AvgIpc) is 3.43. The van der Waals surface area contributed by atoms with Crippen molar-refractivity contribution in [3.8, 4) is 0 Å². The van der Waals surface area contributed by atoms with Crippen LogP contribution in [0.4, 0.5) is 5.69 Å². The van der Waals surface area contributed by atoms with Crippen molar-refractivity contribution in [1.29, 1.82) is 0 Å². The van der Waals surface area contributed by atoms with Crippen LogP contribution in [0.25, 0.3) is 16.7 Å². The van der Waals surface area contributed by atoms with Gasteiger partial charge in [-0.25, -0.2) is 9.78 Å². The quantitative estimate of drug-likeness (QED) is 0.153. The highest BCUT2D eigenvalue weighted by atomic mass is 35.5. The van der Waals surface area contributed by atoms with E-state index in [1.165, 1.54) is 27.2 Å². The molecule has 200 valence electrons. The van der Waals surface area contributed by atoms with Crippen LogP contribution in [0.5, 0.6) is 0 Å². The third-order valence-corrected chi connectivity index (χ3v) is 6.62. The summed E-state index contributed by atoms with van der Waals surface area (Å²) in [6.07, 6.45) is 2.78. The van der Waals surface area contributed by atoms with Gasteiger partial charge >= 0.3 is 5.97 Å². The normalized spacial score (nSPS) is 15.6. The van der Waals surface area contributed by atoms with Gasteiger partial charge in [-0.15, -0.1) is 0 Å². The topological polar surface area (TPSA) is 147 Å². The first-order valence-electron chi connectivity index (χ1n) is 12.1. The van der Waals surface area contributed by atoms with Crippen LogP contribution in [0.1, 0.15) is 40.5 Å². The van der Waals surface area contributed by atoms with Crippen LogP contribution in [-0.4, -0.2) is 50.1 Å². The molecule has 4 aromatic rings. The first kappa shape index (κ1) is 26.2. The van der Waals surface area contributed by atoms with Crippen LogP contribution in [0.2, 0.25) is 5.02 Å². The zero-order valence-electron chi connectivity index (χ0n) is 20.7. The van der Waals surface area contributed by atoms with Crippen LogP contribution in [0, 0.1) is 10.1 Å². The Hall–Kier alpha value is -4.42. The number of rotatable bonds is 6. The molecule has 1 aliphatic heterocycles. The van der Waals surface area contributed by atoms with Crippen LogP contribution in [0.15, 0.2) is 58.4 Å². The number of amides is 1. The lowest BCUT2D eigenvalue weighted by molar-refractivity contribution is -0.384. The number of halogens is 1. The second-order valence-corrected chi connectivity index (χ2v) is 9.18. The van der Waals surface area contributed by atoms with Gasteiger partial charge in [-0.3, -0.25) is 24.1 Å². The number of nitro groups is 1. The minimum atomic E-state index is -0.924. The van der Waals surface area contributed by atoms with Gasteiger partial charge in [0.05, 0.1) is 40.2 Å². The summed E-state index contributed by atoms with van der Waals surface area (Å²) in [6.45, 7) is 2.32. The molecule has 39 heavy (non-hydrogen) atoms. The Kier molecular flexibility index (Phi) is 7.22. The molecule has 1 fully saturated rings. The van der Waals surface area contributed by atoms with E-state index in [0.717, 1.165) is 12.5 Å². The van der Waals surface area contributed by atoms with Gasteiger partial charge in [0, 0.05) is 24.9 Å². The molecule has 1 aromatic carbocycles. The van der Waals surface area contributed by atoms with Crippen molar-refractivity contribution >= 4 is 45.8 Å². The molecule has 0 N–H and O–H groups in total. The predicted octanol–water partition coefficient (Wildman–Crippen LogP) is 3.31. The summed E-state index contributed by atoms with van der Waals surface area (Å²) in [5, 5.41) is 11.4. The number of non-ortho nitro benzene ring substituents is 1. The highest BCUT2D eigenvalue weighted by Gasteiger charge is 2.24. The highest BCUT2D eigenvalue weighted by Crippen LogP contribution is 2.23. The molecule has 5 rings (SSSR count). The molecule has 4 heterocycles. The van der Waals surface area contributed by atoms with Gasteiger partial charge in [0.2, 0.25) is 0 Å². The maximum atomic E-state index is 13.5. The third-order valence-electron chi connectivity index (χ3n) is 6.29. The summed E-state index contributed by atoms with van der Waals surface area (Å²) in [7, 11) is 0. The molecule has 1 atom stereocenters. The van der Waals surface area contributed by atoms with Crippen molar-refractivity contribution in [2.45, 2.75) is 32.4 Å². The largest absolute Gasteiger partial charge is 0.462 e. The maximum absolute atomic E-state index is 13.5. The van der Waals surface area contributed by atoms with Crippen LogP contribution in [-0.2, 0) is 16.0 Å². The first-order chi connectivity index (χ1) is 18.8. The van der Waals surface area contributed by atoms with E-state index in [4.69, 9.17) is 21.1 Å². The molecule has 0 saturated carbocycles. The number of hydrogen-bond donors (Lipinski definition) is 0. The second-order valence-electron chi connectivity index (χ2n) is 8.77. The number of esters is 1. The second kappa shape index (κ2) is 10.8. The van der Waals surface area contributed by atoms with Gasteiger partial charge in [-0.05, 0) is 44.0 Å². The number of hydrogen-bond acceptors (Lipinski definition) is 8. The summed E-state index contributed by atoms with van der Waals surface area (Å²) < 4.78 is 13.9. The Morgan fingerprint density at radius 3 is 2.79 bits per heavy atom. The smallest absolute Gasteiger partial charge is 0.341 e. The molecule has 1 aliphatic rings. The molecular formula is C26H22ClN5O7. The van der Waals surface area contributed by atoms with E-state index in [1.807, 2.05) is 0 Å². The molecule has 0 radical (unpaired) electrons. The summed E-state index contributed by atoms with van der Waals surface area (Å²) in [4.78, 5) is 59.5. The number of nitrogens with zero attached hydrogens (tertiary/aromatic N) is 5.